The summed E-state index contributed by atoms with van der Waals surface area (Å²) in [6, 6.07) is 12.5. The van der Waals surface area contributed by atoms with Gasteiger partial charge in [0.05, 0.1) is 19.3 Å². The van der Waals surface area contributed by atoms with E-state index in [-0.39, 0.29) is 11.7 Å². The first-order chi connectivity index (χ1) is 17.6. The van der Waals surface area contributed by atoms with Gasteiger partial charge in [-0.1, -0.05) is 38.0 Å². The smallest absolute Gasteiger partial charge is 0.273 e. The molecule has 2 heterocycles. The zero-order valence-corrected chi connectivity index (χ0v) is 21.3. The Morgan fingerprint density at radius 3 is 2.61 bits per heavy atom. The first-order valence-corrected chi connectivity index (χ1v) is 12.7. The number of aromatic nitrogens is 2. The summed E-state index contributed by atoms with van der Waals surface area (Å²) in [5.74, 6) is 1.33. The Bertz CT molecular complexity index is 1180. The number of carbonyl (C=O) groups excluding carboxylic acids is 1. The van der Waals surface area contributed by atoms with E-state index in [4.69, 9.17) is 14.2 Å². The number of carbonyl (C=O) groups is 1. The molecule has 0 fully saturated rings. The summed E-state index contributed by atoms with van der Waals surface area (Å²) in [7, 11) is 1.65. The monoisotopic (exact) mass is 493 g/mol. The number of nitrogens with one attached hydrogen (secondary N) is 1. The molecule has 1 atom stereocenters. The van der Waals surface area contributed by atoms with Crippen molar-refractivity contribution in [3.63, 3.8) is 0 Å². The molecule has 36 heavy (non-hydrogen) atoms. The van der Waals surface area contributed by atoms with E-state index in [1.54, 1.807) is 25.3 Å². The van der Waals surface area contributed by atoms with Gasteiger partial charge < -0.3 is 24.2 Å². The number of unbranched alkanes of at least 4 members (excludes halogenated alkanes) is 2. The van der Waals surface area contributed by atoms with Gasteiger partial charge in [0.2, 0.25) is 0 Å². The van der Waals surface area contributed by atoms with Crippen molar-refractivity contribution in [3.05, 3.63) is 59.3 Å². The van der Waals surface area contributed by atoms with Gasteiger partial charge in [0, 0.05) is 31.4 Å². The largest absolute Gasteiger partial charge is 0.507 e. The first kappa shape index (κ1) is 25.6. The summed E-state index contributed by atoms with van der Waals surface area (Å²) in [4.78, 5) is 15.3. The lowest BCUT2D eigenvalue weighted by Crippen LogP contribution is -2.31. The number of para-hydroxylation sites is 1. The number of amides is 1. The van der Waals surface area contributed by atoms with Crippen molar-refractivity contribution in [1.29, 1.82) is 0 Å². The molecule has 0 spiro atoms. The molecule has 3 aromatic rings. The Kier molecular flexibility index (Phi) is 8.48. The van der Waals surface area contributed by atoms with Crippen LogP contribution in [0.4, 0.5) is 0 Å². The summed E-state index contributed by atoms with van der Waals surface area (Å²) in [5, 5.41) is 17.9. The van der Waals surface area contributed by atoms with Crippen LogP contribution in [0, 0.1) is 0 Å². The first-order valence-electron chi connectivity index (χ1n) is 12.7. The number of hydrogen-bond acceptors (Lipinski definition) is 6. The van der Waals surface area contributed by atoms with E-state index in [0.717, 1.165) is 30.4 Å². The number of nitrogens with zero attached hydrogens (tertiary/aromatic N) is 2. The maximum atomic E-state index is 13.5. The van der Waals surface area contributed by atoms with Crippen LogP contribution in [0.5, 0.6) is 17.2 Å². The van der Waals surface area contributed by atoms with Crippen LogP contribution in [0.1, 0.15) is 67.2 Å². The highest BCUT2D eigenvalue weighted by atomic mass is 16.5. The lowest BCUT2D eigenvalue weighted by molar-refractivity contribution is 0.0723. The predicted octanol–water partition coefficient (Wildman–Crippen LogP) is 5.33. The molecule has 1 aliphatic rings. The molecule has 192 valence electrons. The number of hydrogen-bond donors (Lipinski definition) is 2. The molecule has 0 saturated heterocycles. The van der Waals surface area contributed by atoms with Gasteiger partial charge in [-0.05, 0) is 49.6 Å². The van der Waals surface area contributed by atoms with Crippen molar-refractivity contribution in [2.24, 2.45) is 0 Å². The van der Waals surface area contributed by atoms with Gasteiger partial charge in [0.25, 0.3) is 5.91 Å². The molecule has 1 amide bonds. The van der Waals surface area contributed by atoms with Gasteiger partial charge in [0.1, 0.15) is 17.1 Å². The van der Waals surface area contributed by atoms with Crippen LogP contribution in [0.25, 0.3) is 11.3 Å². The molecule has 1 aromatic heterocycles. The number of aromatic amines is 1. The number of ether oxygens (including phenoxy) is 3. The van der Waals surface area contributed by atoms with E-state index in [1.807, 2.05) is 36.1 Å². The summed E-state index contributed by atoms with van der Waals surface area (Å²) in [5.41, 5.74) is 3.22. The average Bonchev–Trinajstić information content (AvgIpc) is 3.42. The van der Waals surface area contributed by atoms with Gasteiger partial charge in [-0.3, -0.25) is 9.89 Å². The third kappa shape index (κ3) is 5.18. The Hall–Kier alpha value is -3.52. The number of methoxy groups -OCH3 is 1. The van der Waals surface area contributed by atoms with Crippen molar-refractivity contribution in [3.8, 4) is 28.5 Å². The Morgan fingerprint density at radius 2 is 1.86 bits per heavy atom. The fraction of sp³-hybridized carbons (Fsp3) is 0.429. The quantitative estimate of drug-likeness (QED) is 0.312. The van der Waals surface area contributed by atoms with Crippen LogP contribution in [-0.4, -0.2) is 59.6 Å². The summed E-state index contributed by atoms with van der Waals surface area (Å²) < 4.78 is 17.2. The van der Waals surface area contributed by atoms with Gasteiger partial charge in [-0.25, -0.2) is 0 Å². The van der Waals surface area contributed by atoms with E-state index < -0.39 is 6.04 Å². The number of phenolic OH excluding ortho intramolecular Hbond substituents is 1. The zero-order chi connectivity index (χ0) is 25.5. The predicted molar refractivity (Wildman–Crippen MR) is 138 cm³/mol. The van der Waals surface area contributed by atoms with Crippen LogP contribution in [0.2, 0.25) is 0 Å². The molecule has 0 unspecified atom stereocenters. The molecule has 0 radical (unpaired) electrons. The van der Waals surface area contributed by atoms with Crippen LogP contribution < -0.4 is 9.47 Å². The Morgan fingerprint density at radius 1 is 1.03 bits per heavy atom. The highest BCUT2D eigenvalue weighted by molar-refractivity contribution is 6.00. The third-order valence-electron chi connectivity index (χ3n) is 6.36. The molecular formula is C28H35N3O5. The van der Waals surface area contributed by atoms with Crippen LogP contribution in [0.15, 0.2) is 42.5 Å². The minimum Gasteiger partial charge on any atom is -0.507 e. The van der Waals surface area contributed by atoms with Crippen molar-refractivity contribution >= 4 is 5.91 Å². The number of phenols is 1. The van der Waals surface area contributed by atoms with Gasteiger partial charge >= 0.3 is 0 Å². The molecule has 1 aliphatic heterocycles. The number of aromatic hydroxyl groups is 1. The summed E-state index contributed by atoms with van der Waals surface area (Å²) in [6.07, 6.45) is 3.92. The Labute approximate surface area is 212 Å². The second kappa shape index (κ2) is 11.9. The van der Waals surface area contributed by atoms with Crippen LogP contribution in [0.3, 0.4) is 0 Å². The van der Waals surface area contributed by atoms with Crippen molar-refractivity contribution < 1.29 is 24.1 Å². The number of H-pyrrole nitrogens is 1. The molecule has 0 saturated carbocycles. The Balaban J connectivity index is 1.76. The minimum absolute atomic E-state index is 0.113. The number of benzene rings is 2. The van der Waals surface area contributed by atoms with E-state index in [0.29, 0.717) is 61.2 Å². The van der Waals surface area contributed by atoms with Crippen LogP contribution in [-0.2, 0) is 4.74 Å². The topological polar surface area (TPSA) is 96.9 Å². The van der Waals surface area contributed by atoms with E-state index in [2.05, 4.69) is 17.1 Å². The molecule has 2 N–H and O–H groups in total. The van der Waals surface area contributed by atoms with E-state index >= 15 is 0 Å². The van der Waals surface area contributed by atoms with Crippen molar-refractivity contribution in [1.82, 2.24) is 15.1 Å². The van der Waals surface area contributed by atoms with Gasteiger partial charge in [0.15, 0.2) is 11.5 Å². The van der Waals surface area contributed by atoms with E-state index in [1.165, 1.54) is 0 Å². The molecule has 8 nitrogen and oxygen atoms in total. The lowest BCUT2D eigenvalue weighted by Gasteiger charge is -2.27. The van der Waals surface area contributed by atoms with Crippen molar-refractivity contribution in [2.75, 3.05) is 33.5 Å². The van der Waals surface area contributed by atoms with Gasteiger partial charge in [-0.2, -0.15) is 5.10 Å². The SMILES string of the molecule is CCCCCOc1ccc([C@@H]2c3c(-c4ccccc4O)n[nH]c3C(=O)N2CCCOC)cc1OCC. The molecular weight excluding hydrogens is 458 g/mol. The fourth-order valence-corrected chi connectivity index (χ4v) is 4.65. The maximum absolute atomic E-state index is 13.5. The molecule has 0 aliphatic carbocycles. The fourth-order valence-electron chi connectivity index (χ4n) is 4.65. The number of fused-ring (bicyclic) bond motifs is 1. The highest BCUT2D eigenvalue weighted by Crippen LogP contribution is 2.45. The summed E-state index contributed by atoms with van der Waals surface area (Å²) in [6.45, 7) is 6.28. The molecule has 8 heteroatoms. The summed E-state index contributed by atoms with van der Waals surface area (Å²) >= 11 is 0. The second-order valence-electron chi connectivity index (χ2n) is 8.82. The zero-order valence-electron chi connectivity index (χ0n) is 21.3. The number of rotatable bonds is 13. The second-order valence-corrected chi connectivity index (χ2v) is 8.82. The molecule has 2 aromatic carbocycles. The van der Waals surface area contributed by atoms with E-state index in [9.17, 15) is 9.90 Å². The highest BCUT2D eigenvalue weighted by Gasteiger charge is 2.42. The maximum Gasteiger partial charge on any atom is 0.273 e. The van der Waals surface area contributed by atoms with Crippen molar-refractivity contribution in [2.45, 2.75) is 45.6 Å². The minimum atomic E-state index is -0.397. The average molecular weight is 494 g/mol. The molecule has 0 bridgehead atoms. The standard InChI is InChI=1S/C28H35N3O5/c1-4-6-9-17-36-22-14-13-19(18-23(22)35-5-2)27-24-25(20-11-7-8-12-21(20)32)29-30-26(24)28(33)31(27)15-10-16-34-3/h7-8,11-14,18,27,32H,4-6,9-10,15-17H2,1-3H3,(H,29,30)/t27-/m1/s1. The third-order valence-corrected chi connectivity index (χ3v) is 6.36. The molecule has 4 rings (SSSR count). The lowest BCUT2D eigenvalue weighted by atomic mass is 9.95. The van der Waals surface area contributed by atoms with Gasteiger partial charge in [-0.15, -0.1) is 0 Å². The normalized spacial score (nSPS) is 14.8. The van der Waals surface area contributed by atoms with Crippen LogP contribution >= 0.6 is 0 Å².